The lowest BCUT2D eigenvalue weighted by Crippen LogP contribution is -2.02. The highest BCUT2D eigenvalue weighted by atomic mass is 16.3. The number of rotatable bonds is 5. The topological polar surface area (TPSA) is 61.7 Å². The fourth-order valence-corrected chi connectivity index (χ4v) is 8.57. The second-order valence-electron chi connectivity index (χ2n) is 14.5. The number of para-hydroxylation sites is 2. The smallest absolute Gasteiger partial charge is 0.162 e. The Kier molecular flexibility index (Phi) is 6.83. The Labute approximate surface area is 326 Å². The lowest BCUT2D eigenvalue weighted by molar-refractivity contribution is 0.668. The highest BCUT2D eigenvalue weighted by molar-refractivity contribution is 6.13. The summed E-state index contributed by atoms with van der Waals surface area (Å²) in [5.41, 5.74) is 13.2. The number of aromatic nitrogens is 5. The standard InChI is InChI=1S/C51H31N5O/c1-3-12-32(13-4-1)42-31-49(54-51(53-42)33-14-5-2-6-15-33)56-44-19-10-7-16-37(44)39-24-21-35(29-46(39)56)34-22-25-45-40(28-34)38-17-8-9-18-43(38)55(45)36-23-26-47-41(30-36)50-48(57-47)20-11-27-52-50/h1-31H. The van der Waals surface area contributed by atoms with Crippen LogP contribution in [0.15, 0.2) is 193 Å². The van der Waals surface area contributed by atoms with Crippen LogP contribution in [-0.2, 0) is 0 Å². The van der Waals surface area contributed by atoms with Gasteiger partial charge in [-0.25, -0.2) is 9.97 Å². The molecule has 7 aromatic carbocycles. The molecule has 0 unspecified atom stereocenters. The van der Waals surface area contributed by atoms with Gasteiger partial charge in [-0.1, -0.05) is 115 Å². The highest BCUT2D eigenvalue weighted by Gasteiger charge is 2.19. The van der Waals surface area contributed by atoms with Crippen molar-refractivity contribution in [2.24, 2.45) is 0 Å². The Hall–Kier alpha value is -7.83. The van der Waals surface area contributed by atoms with E-state index in [4.69, 9.17) is 14.4 Å². The quantitative estimate of drug-likeness (QED) is 0.177. The predicted octanol–water partition coefficient (Wildman–Crippen LogP) is 13.0. The van der Waals surface area contributed by atoms with Gasteiger partial charge in [-0.15, -0.1) is 0 Å². The van der Waals surface area contributed by atoms with Gasteiger partial charge in [-0.2, -0.15) is 0 Å². The van der Waals surface area contributed by atoms with Gasteiger partial charge in [0, 0.05) is 56.0 Å². The zero-order valence-corrected chi connectivity index (χ0v) is 30.5. The third-order valence-electron chi connectivity index (χ3n) is 11.2. The van der Waals surface area contributed by atoms with Crippen molar-refractivity contribution in [3.05, 3.63) is 188 Å². The summed E-state index contributed by atoms with van der Waals surface area (Å²) in [6.07, 6.45) is 1.82. The summed E-state index contributed by atoms with van der Waals surface area (Å²) in [5, 5.41) is 5.74. The van der Waals surface area contributed by atoms with Gasteiger partial charge in [-0.05, 0) is 71.8 Å². The molecule has 0 aliphatic heterocycles. The van der Waals surface area contributed by atoms with Gasteiger partial charge in [0.05, 0.1) is 27.8 Å². The molecule has 0 bridgehead atoms. The van der Waals surface area contributed by atoms with Crippen LogP contribution in [0, 0.1) is 0 Å². The molecule has 12 rings (SSSR count). The number of nitrogens with zero attached hydrogens (tertiary/aromatic N) is 5. The van der Waals surface area contributed by atoms with Crippen LogP contribution in [0.3, 0.4) is 0 Å². The summed E-state index contributed by atoms with van der Waals surface area (Å²) in [6.45, 7) is 0. The first-order valence-electron chi connectivity index (χ1n) is 19.1. The molecule has 0 atom stereocenters. The number of hydrogen-bond donors (Lipinski definition) is 0. The van der Waals surface area contributed by atoms with Crippen molar-refractivity contribution in [1.29, 1.82) is 0 Å². The Morgan fingerprint density at radius 2 is 1.05 bits per heavy atom. The first-order chi connectivity index (χ1) is 28.2. The van der Waals surface area contributed by atoms with E-state index in [0.29, 0.717) is 5.82 Å². The molecule has 5 aromatic heterocycles. The average Bonchev–Trinajstić information content (AvgIpc) is 3.94. The Balaban J connectivity index is 1.05. The van der Waals surface area contributed by atoms with Crippen molar-refractivity contribution >= 4 is 65.7 Å². The third kappa shape index (κ3) is 4.94. The van der Waals surface area contributed by atoms with E-state index in [2.05, 4.69) is 160 Å². The molecular weight excluding hydrogens is 699 g/mol. The van der Waals surface area contributed by atoms with Gasteiger partial charge in [0.2, 0.25) is 0 Å². The fraction of sp³-hybridized carbons (Fsp3) is 0. The van der Waals surface area contributed by atoms with Crippen LogP contribution >= 0.6 is 0 Å². The molecule has 6 nitrogen and oxygen atoms in total. The maximum Gasteiger partial charge on any atom is 0.162 e. The van der Waals surface area contributed by atoms with Crippen LogP contribution in [0.2, 0.25) is 0 Å². The van der Waals surface area contributed by atoms with Crippen molar-refractivity contribution < 1.29 is 4.42 Å². The van der Waals surface area contributed by atoms with Gasteiger partial charge < -0.3 is 8.98 Å². The van der Waals surface area contributed by atoms with Gasteiger partial charge >= 0.3 is 0 Å². The minimum Gasteiger partial charge on any atom is -0.454 e. The lowest BCUT2D eigenvalue weighted by atomic mass is 10.0. The van der Waals surface area contributed by atoms with Crippen LogP contribution in [0.5, 0.6) is 0 Å². The van der Waals surface area contributed by atoms with Crippen LogP contribution in [0.4, 0.5) is 0 Å². The Morgan fingerprint density at radius 1 is 0.386 bits per heavy atom. The largest absolute Gasteiger partial charge is 0.454 e. The molecule has 0 aliphatic carbocycles. The van der Waals surface area contributed by atoms with E-state index in [1.54, 1.807) is 0 Å². The fourth-order valence-electron chi connectivity index (χ4n) is 8.57. The monoisotopic (exact) mass is 729 g/mol. The molecule has 0 N–H and O–H groups in total. The normalized spacial score (nSPS) is 11.9. The molecule has 57 heavy (non-hydrogen) atoms. The number of fused-ring (bicyclic) bond motifs is 9. The third-order valence-corrected chi connectivity index (χ3v) is 11.2. The van der Waals surface area contributed by atoms with Crippen molar-refractivity contribution in [2.75, 3.05) is 0 Å². The van der Waals surface area contributed by atoms with E-state index in [1.165, 1.54) is 21.5 Å². The molecule has 0 saturated heterocycles. The molecule has 0 saturated carbocycles. The van der Waals surface area contributed by atoms with Crippen LogP contribution in [0.25, 0.3) is 111 Å². The zero-order valence-electron chi connectivity index (χ0n) is 30.5. The van der Waals surface area contributed by atoms with E-state index in [-0.39, 0.29) is 0 Å². The Morgan fingerprint density at radius 3 is 1.88 bits per heavy atom. The maximum atomic E-state index is 6.12. The zero-order chi connectivity index (χ0) is 37.5. The van der Waals surface area contributed by atoms with E-state index >= 15 is 0 Å². The first kappa shape index (κ1) is 31.5. The lowest BCUT2D eigenvalue weighted by Gasteiger charge is -2.12. The number of furan rings is 1. The van der Waals surface area contributed by atoms with Crippen molar-refractivity contribution in [3.8, 4) is 45.3 Å². The van der Waals surface area contributed by atoms with Crippen molar-refractivity contribution in [3.63, 3.8) is 0 Å². The average molecular weight is 730 g/mol. The molecule has 6 heteroatoms. The van der Waals surface area contributed by atoms with Crippen molar-refractivity contribution in [1.82, 2.24) is 24.1 Å². The number of hydrogen-bond acceptors (Lipinski definition) is 4. The van der Waals surface area contributed by atoms with E-state index in [9.17, 15) is 0 Å². The summed E-state index contributed by atoms with van der Waals surface area (Å²) in [5.74, 6) is 1.51. The summed E-state index contributed by atoms with van der Waals surface area (Å²) >= 11 is 0. The van der Waals surface area contributed by atoms with E-state index < -0.39 is 0 Å². The molecular formula is C51H31N5O. The Bertz CT molecular complexity index is 3470. The first-order valence-corrected chi connectivity index (χ1v) is 19.1. The van der Waals surface area contributed by atoms with E-state index in [1.807, 2.05) is 42.6 Å². The molecule has 0 spiro atoms. The summed E-state index contributed by atoms with van der Waals surface area (Å²) in [4.78, 5) is 15.0. The minimum atomic E-state index is 0.687. The molecule has 0 radical (unpaired) electrons. The molecule has 0 amide bonds. The summed E-state index contributed by atoms with van der Waals surface area (Å²) in [6, 6.07) is 63.8. The predicted molar refractivity (Wildman–Crippen MR) is 232 cm³/mol. The molecule has 5 heterocycles. The molecule has 266 valence electrons. The minimum absolute atomic E-state index is 0.687. The van der Waals surface area contributed by atoms with Gasteiger partial charge in [-0.3, -0.25) is 9.55 Å². The van der Waals surface area contributed by atoms with Crippen LogP contribution < -0.4 is 0 Å². The van der Waals surface area contributed by atoms with Crippen LogP contribution in [0.1, 0.15) is 0 Å². The number of benzene rings is 7. The summed E-state index contributed by atoms with van der Waals surface area (Å²) in [7, 11) is 0. The second-order valence-corrected chi connectivity index (χ2v) is 14.5. The van der Waals surface area contributed by atoms with Gasteiger partial charge in [0.25, 0.3) is 0 Å². The van der Waals surface area contributed by atoms with Gasteiger partial charge in [0.1, 0.15) is 16.9 Å². The maximum absolute atomic E-state index is 6.12. The second kappa shape index (κ2) is 12.3. The molecule has 12 aromatic rings. The van der Waals surface area contributed by atoms with Gasteiger partial charge in [0.15, 0.2) is 11.4 Å². The highest BCUT2D eigenvalue weighted by Crippen LogP contribution is 2.39. The number of pyridine rings is 1. The van der Waals surface area contributed by atoms with E-state index in [0.717, 1.165) is 83.6 Å². The van der Waals surface area contributed by atoms with Crippen molar-refractivity contribution in [2.45, 2.75) is 0 Å². The molecule has 0 fully saturated rings. The molecule has 0 aliphatic rings. The summed E-state index contributed by atoms with van der Waals surface area (Å²) < 4.78 is 10.8. The SMILES string of the molecule is c1ccc(-c2cc(-n3c4ccccc4c4ccc(-c5ccc6c(c5)c5ccccc5n6-c5ccc6oc7cccnc7c6c5)cc43)nc(-c3ccccc3)n2)cc1. The van der Waals surface area contributed by atoms with Crippen LogP contribution in [-0.4, -0.2) is 24.1 Å².